The number of carboxylic acids is 2. The Morgan fingerprint density at radius 3 is 1.48 bits per heavy atom. The first-order valence-corrected chi connectivity index (χ1v) is 11.1. The van der Waals surface area contributed by atoms with Gasteiger partial charge < -0.3 is 10.2 Å². The highest BCUT2D eigenvalue weighted by Crippen LogP contribution is 2.54. The molecule has 1 rings (SSSR count). The van der Waals surface area contributed by atoms with Crippen LogP contribution in [0.2, 0.25) is 0 Å². The monoisotopic (exact) mass is 380 g/mol. The second kappa shape index (κ2) is 12.2. The molecule has 0 aromatic heterocycles. The number of rotatable bonds is 15. The molecule has 2 N–H and O–H groups in total. The van der Waals surface area contributed by atoms with E-state index in [4.69, 9.17) is 0 Å². The van der Waals surface area contributed by atoms with Crippen LogP contribution in [0.3, 0.4) is 0 Å². The molecular weight excluding hydrogens is 340 g/mol. The first-order valence-electron chi connectivity index (χ1n) is 11.1. The lowest BCUT2D eigenvalue weighted by Crippen LogP contribution is -2.53. The third kappa shape index (κ3) is 6.08. The third-order valence-corrected chi connectivity index (χ3v) is 6.47. The molecule has 0 spiro atoms. The van der Waals surface area contributed by atoms with Crippen LogP contribution in [0.5, 0.6) is 0 Å². The van der Waals surface area contributed by atoms with Gasteiger partial charge in [-0.15, -0.1) is 0 Å². The van der Waals surface area contributed by atoms with Crippen LogP contribution in [0, 0.1) is 10.8 Å². The first-order chi connectivity index (χ1) is 13.0. The molecule has 4 heteroatoms. The van der Waals surface area contributed by atoms with Crippen LogP contribution in [-0.2, 0) is 9.59 Å². The highest BCUT2D eigenvalue weighted by Gasteiger charge is 2.60. The van der Waals surface area contributed by atoms with E-state index in [1.54, 1.807) is 0 Å². The number of carbonyl (C=O) groups is 2. The van der Waals surface area contributed by atoms with Crippen molar-refractivity contribution in [3.05, 3.63) is 12.2 Å². The summed E-state index contributed by atoms with van der Waals surface area (Å²) in [5, 5.41) is 20.0. The molecule has 0 aliphatic heterocycles. The SMILES string of the molecule is CCCCCCCCCCCCC1(C(=O)O)CC=CCC1(CCC)C(=O)O. The summed E-state index contributed by atoms with van der Waals surface area (Å²) in [6, 6.07) is 0. The zero-order chi connectivity index (χ0) is 20.2. The summed E-state index contributed by atoms with van der Waals surface area (Å²) < 4.78 is 0. The number of unbranched alkanes of at least 4 members (excludes halogenated alkanes) is 9. The number of carboxylic acid groups (broad SMARTS) is 2. The molecule has 27 heavy (non-hydrogen) atoms. The van der Waals surface area contributed by atoms with E-state index in [1.165, 1.54) is 44.9 Å². The summed E-state index contributed by atoms with van der Waals surface area (Å²) in [6.07, 6.45) is 17.9. The van der Waals surface area contributed by atoms with E-state index >= 15 is 0 Å². The van der Waals surface area contributed by atoms with E-state index in [0.717, 1.165) is 19.3 Å². The normalized spacial score (nSPS) is 24.8. The average molecular weight is 381 g/mol. The smallest absolute Gasteiger partial charge is 0.311 e. The Morgan fingerprint density at radius 1 is 0.667 bits per heavy atom. The van der Waals surface area contributed by atoms with E-state index in [9.17, 15) is 19.8 Å². The zero-order valence-electron chi connectivity index (χ0n) is 17.5. The predicted molar refractivity (Wildman–Crippen MR) is 110 cm³/mol. The Hall–Kier alpha value is -1.32. The molecule has 0 saturated carbocycles. The zero-order valence-corrected chi connectivity index (χ0v) is 17.5. The van der Waals surface area contributed by atoms with Crippen LogP contribution in [0.15, 0.2) is 12.2 Å². The van der Waals surface area contributed by atoms with E-state index in [2.05, 4.69) is 6.92 Å². The number of allylic oxidation sites excluding steroid dienone is 2. The Balaban J connectivity index is 2.55. The van der Waals surface area contributed by atoms with Crippen molar-refractivity contribution in [2.45, 2.75) is 110 Å². The van der Waals surface area contributed by atoms with Gasteiger partial charge in [-0.25, -0.2) is 0 Å². The van der Waals surface area contributed by atoms with Crippen LogP contribution < -0.4 is 0 Å². The largest absolute Gasteiger partial charge is 0.481 e. The molecule has 1 aliphatic carbocycles. The topological polar surface area (TPSA) is 74.6 Å². The van der Waals surface area contributed by atoms with Gasteiger partial charge in [0.2, 0.25) is 0 Å². The fourth-order valence-corrected chi connectivity index (χ4v) is 4.78. The molecule has 156 valence electrons. The summed E-state index contributed by atoms with van der Waals surface area (Å²) >= 11 is 0. The van der Waals surface area contributed by atoms with Crippen molar-refractivity contribution in [2.75, 3.05) is 0 Å². The molecule has 0 aromatic rings. The molecular formula is C23H40O4. The van der Waals surface area contributed by atoms with E-state index in [1.807, 2.05) is 19.1 Å². The highest BCUT2D eigenvalue weighted by molar-refractivity contribution is 5.87. The Bertz CT molecular complexity index is 485. The number of hydrogen-bond donors (Lipinski definition) is 2. The lowest BCUT2D eigenvalue weighted by molar-refractivity contribution is -0.177. The maximum absolute atomic E-state index is 12.3. The van der Waals surface area contributed by atoms with Gasteiger partial charge in [0, 0.05) is 0 Å². The molecule has 1 aliphatic rings. The van der Waals surface area contributed by atoms with Gasteiger partial charge in [-0.2, -0.15) is 0 Å². The second-order valence-electron chi connectivity index (χ2n) is 8.34. The van der Waals surface area contributed by atoms with E-state index in [-0.39, 0.29) is 0 Å². The molecule has 0 radical (unpaired) electrons. The molecule has 0 aromatic carbocycles. The van der Waals surface area contributed by atoms with E-state index in [0.29, 0.717) is 32.1 Å². The fraction of sp³-hybridized carbons (Fsp3) is 0.826. The van der Waals surface area contributed by atoms with Gasteiger partial charge in [0.1, 0.15) is 0 Å². The minimum atomic E-state index is -1.17. The van der Waals surface area contributed by atoms with Crippen molar-refractivity contribution in [3.8, 4) is 0 Å². The Morgan fingerprint density at radius 2 is 1.07 bits per heavy atom. The second-order valence-corrected chi connectivity index (χ2v) is 8.34. The van der Waals surface area contributed by atoms with Gasteiger partial charge in [0.15, 0.2) is 0 Å². The van der Waals surface area contributed by atoms with Gasteiger partial charge in [-0.05, 0) is 25.7 Å². The minimum Gasteiger partial charge on any atom is -0.481 e. The van der Waals surface area contributed by atoms with Crippen molar-refractivity contribution < 1.29 is 19.8 Å². The molecule has 2 unspecified atom stereocenters. The molecule has 0 saturated heterocycles. The third-order valence-electron chi connectivity index (χ3n) is 6.47. The maximum atomic E-state index is 12.3. The standard InChI is InChI=1S/C23H40O4/c1-3-5-6-7-8-9-10-11-12-13-17-23(21(26)27)19-15-14-18-22(23,16-4-2)20(24)25/h14-15H,3-13,16-19H2,1-2H3,(H,24,25)(H,26,27). The van der Waals surface area contributed by atoms with Crippen LogP contribution in [-0.4, -0.2) is 22.2 Å². The van der Waals surface area contributed by atoms with Crippen molar-refractivity contribution in [1.82, 2.24) is 0 Å². The molecule has 0 heterocycles. The lowest BCUT2D eigenvalue weighted by atomic mass is 9.54. The lowest BCUT2D eigenvalue weighted by Gasteiger charge is -2.46. The van der Waals surface area contributed by atoms with Gasteiger partial charge >= 0.3 is 11.9 Å². The molecule has 0 amide bonds. The minimum absolute atomic E-state index is 0.334. The summed E-state index contributed by atoms with van der Waals surface area (Å²) in [5.74, 6) is -1.87. The van der Waals surface area contributed by atoms with Crippen LogP contribution >= 0.6 is 0 Å². The van der Waals surface area contributed by atoms with Crippen molar-refractivity contribution in [1.29, 1.82) is 0 Å². The van der Waals surface area contributed by atoms with Crippen molar-refractivity contribution >= 4 is 11.9 Å². The molecule has 4 nitrogen and oxygen atoms in total. The van der Waals surface area contributed by atoms with Gasteiger partial charge in [-0.3, -0.25) is 9.59 Å². The van der Waals surface area contributed by atoms with E-state index < -0.39 is 22.8 Å². The van der Waals surface area contributed by atoms with Crippen molar-refractivity contribution in [2.24, 2.45) is 10.8 Å². The number of hydrogen-bond acceptors (Lipinski definition) is 2. The van der Waals surface area contributed by atoms with Gasteiger partial charge in [-0.1, -0.05) is 96.6 Å². The quantitative estimate of drug-likeness (QED) is 0.248. The molecule has 0 fully saturated rings. The Kier molecular flexibility index (Phi) is 10.7. The summed E-state index contributed by atoms with van der Waals surface area (Å²) in [6.45, 7) is 4.17. The summed E-state index contributed by atoms with van der Waals surface area (Å²) in [7, 11) is 0. The average Bonchev–Trinajstić information content (AvgIpc) is 2.64. The summed E-state index contributed by atoms with van der Waals surface area (Å²) in [4.78, 5) is 24.4. The maximum Gasteiger partial charge on any atom is 0.311 e. The van der Waals surface area contributed by atoms with Gasteiger partial charge in [0.05, 0.1) is 10.8 Å². The van der Waals surface area contributed by atoms with Crippen LogP contribution in [0.4, 0.5) is 0 Å². The Labute approximate surface area is 165 Å². The van der Waals surface area contributed by atoms with Crippen molar-refractivity contribution in [3.63, 3.8) is 0 Å². The molecule has 2 atom stereocenters. The van der Waals surface area contributed by atoms with Crippen LogP contribution in [0.1, 0.15) is 110 Å². The predicted octanol–water partition coefficient (Wildman–Crippen LogP) is 6.59. The fourth-order valence-electron chi connectivity index (χ4n) is 4.78. The van der Waals surface area contributed by atoms with Gasteiger partial charge in [0.25, 0.3) is 0 Å². The highest BCUT2D eigenvalue weighted by atomic mass is 16.4. The first kappa shape index (κ1) is 23.7. The molecule has 0 bridgehead atoms. The number of aliphatic carboxylic acids is 2. The summed E-state index contributed by atoms with van der Waals surface area (Å²) in [5.41, 5.74) is -2.33. The van der Waals surface area contributed by atoms with Crippen LogP contribution in [0.25, 0.3) is 0 Å².